The van der Waals surface area contributed by atoms with Crippen LogP contribution in [0.1, 0.15) is 10.4 Å². The van der Waals surface area contributed by atoms with Crippen molar-refractivity contribution in [2.24, 2.45) is 0 Å². The number of sulfonamides is 1. The third-order valence-corrected chi connectivity index (χ3v) is 7.10. The molecular formula is C20H25ClN4O3S. The molecule has 29 heavy (non-hydrogen) atoms. The standard InChI is InChI=1S/C20H25ClN4O3S/c1-23(2)29(27,28)17-8-9-19(21)18(14-17)20(26)22-15-4-6-16(7-5-15)25-12-10-24(3)11-13-25/h4-9,14H,10-13H2,1-3H3,(H,22,26). The molecule has 7 nitrogen and oxygen atoms in total. The van der Waals surface area contributed by atoms with E-state index in [-0.39, 0.29) is 15.5 Å². The molecule has 0 spiro atoms. The Morgan fingerprint density at radius 2 is 1.66 bits per heavy atom. The summed E-state index contributed by atoms with van der Waals surface area (Å²) < 4.78 is 25.7. The Kier molecular flexibility index (Phi) is 6.48. The van der Waals surface area contributed by atoms with Crippen molar-refractivity contribution >= 4 is 38.9 Å². The minimum Gasteiger partial charge on any atom is -0.369 e. The third kappa shape index (κ3) is 4.90. The molecule has 1 N–H and O–H groups in total. The average Bonchev–Trinajstić information content (AvgIpc) is 2.69. The molecule has 1 aliphatic rings. The molecule has 1 heterocycles. The van der Waals surface area contributed by atoms with E-state index in [1.807, 2.05) is 24.3 Å². The highest BCUT2D eigenvalue weighted by molar-refractivity contribution is 7.89. The first-order chi connectivity index (χ1) is 13.7. The number of benzene rings is 2. The van der Waals surface area contributed by atoms with Crippen LogP contribution in [0.5, 0.6) is 0 Å². The molecule has 3 rings (SSSR count). The Morgan fingerprint density at radius 3 is 2.24 bits per heavy atom. The molecule has 0 radical (unpaired) electrons. The minimum absolute atomic E-state index is 0.0162. The van der Waals surface area contributed by atoms with Crippen LogP contribution in [-0.2, 0) is 10.0 Å². The first-order valence-corrected chi connectivity index (χ1v) is 11.1. The highest BCUT2D eigenvalue weighted by Crippen LogP contribution is 2.24. The maximum Gasteiger partial charge on any atom is 0.257 e. The number of amides is 1. The number of carbonyl (C=O) groups excluding carboxylic acids is 1. The van der Waals surface area contributed by atoms with E-state index < -0.39 is 15.9 Å². The topological polar surface area (TPSA) is 73.0 Å². The zero-order valence-corrected chi connectivity index (χ0v) is 18.3. The van der Waals surface area contributed by atoms with Gasteiger partial charge in [-0.2, -0.15) is 0 Å². The number of nitrogens with zero attached hydrogens (tertiary/aromatic N) is 3. The number of rotatable bonds is 5. The lowest BCUT2D eigenvalue weighted by Crippen LogP contribution is -2.44. The summed E-state index contributed by atoms with van der Waals surface area (Å²) in [7, 11) is 1.32. The lowest BCUT2D eigenvalue weighted by Gasteiger charge is -2.34. The molecule has 2 aromatic carbocycles. The van der Waals surface area contributed by atoms with Crippen LogP contribution in [0.2, 0.25) is 5.02 Å². The van der Waals surface area contributed by atoms with Crippen LogP contribution in [0.4, 0.5) is 11.4 Å². The van der Waals surface area contributed by atoms with E-state index in [2.05, 4.69) is 22.2 Å². The molecule has 1 amide bonds. The fourth-order valence-corrected chi connectivity index (χ4v) is 4.20. The van der Waals surface area contributed by atoms with Crippen LogP contribution in [0.25, 0.3) is 0 Å². The van der Waals surface area contributed by atoms with Gasteiger partial charge in [0.15, 0.2) is 0 Å². The zero-order chi connectivity index (χ0) is 21.2. The van der Waals surface area contributed by atoms with E-state index in [9.17, 15) is 13.2 Å². The van der Waals surface area contributed by atoms with E-state index in [0.29, 0.717) is 5.69 Å². The van der Waals surface area contributed by atoms with Gasteiger partial charge in [0.05, 0.1) is 15.5 Å². The van der Waals surface area contributed by atoms with Gasteiger partial charge in [0, 0.05) is 51.6 Å². The van der Waals surface area contributed by atoms with Gasteiger partial charge in [-0.1, -0.05) is 11.6 Å². The molecule has 0 aliphatic carbocycles. The molecule has 0 unspecified atom stereocenters. The number of carbonyl (C=O) groups is 1. The van der Waals surface area contributed by atoms with Gasteiger partial charge >= 0.3 is 0 Å². The second-order valence-electron chi connectivity index (χ2n) is 7.22. The fourth-order valence-electron chi connectivity index (χ4n) is 3.07. The largest absolute Gasteiger partial charge is 0.369 e. The van der Waals surface area contributed by atoms with E-state index in [1.54, 1.807) is 0 Å². The van der Waals surface area contributed by atoms with E-state index in [1.165, 1.54) is 32.3 Å². The SMILES string of the molecule is CN1CCN(c2ccc(NC(=O)c3cc(S(=O)(=O)N(C)C)ccc3Cl)cc2)CC1. The summed E-state index contributed by atoms with van der Waals surface area (Å²) >= 11 is 6.15. The number of nitrogens with one attached hydrogen (secondary N) is 1. The summed E-state index contributed by atoms with van der Waals surface area (Å²) in [6, 6.07) is 11.7. The molecule has 1 aliphatic heterocycles. The molecule has 0 atom stereocenters. The van der Waals surface area contributed by atoms with Gasteiger partial charge in [-0.05, 0) is 49.5 Å². The fraction of sp³-hybridized carbons (Fsp3) is 0.350. The van der Waals surface area contributed by atoms with Crippen LogP contribution < -0.4 is 10.2 Å². The smallest absolute Gasteiger partial charge is 0.257 e. The van der Waals surface area contributed by atoms with Crippen molar-refractivity contribution < 1.29 is 13.2 Å². The summed E-state index contributed by atoms with van der Waals surface area (Å²) in [6.45, 7) is 3.96. The Labute approximate surface area is 176 Å². The van der Waals surface area contributed by atoms with E-state index in [0.717, 1.165) is 36.2 Å². The predicted molar refractivity (Wildman–Crippen MR) is 116 cm³/mol. The highest BCUT2D eigenvalue weighted by atomic mass is 35.5. The van der Waals surface area contributed by atoms with Gasteiger partial charge in [0.25, 0.3) is 5.91 Å². The number of anilines is 2. The van der Waals surface area contributed by atoms with Crippen LogP contribution in [-0.4, -0.2) is 70.9 Å². The Hall–Kier alpha value is -2.13. The van der Waals surface area contributed by atoms with Gasteiger partial charge < -0.3 is 15.1 Å². The second-order valence-corrected chi connectivity index (χ2v) is 9.78. The monoisotopic (exact) mass is 436 g/mol. The van der Waals surface area contributed by atoms with Crippen molar-refractivity contribution in [2.75, 3.05) is 57.5 Å². The van der Waals surface area contributed by atoms with Gasteiger partial charge in [0.1, 0.15) is 0 Å². The minimum atomic E-state index is -3.66. The van der Waals surface area contributed by atoms with Crippen molar-refractivity contribution in [1.82, 2.24) is 9.21 Å². The maximum absolute atomic E-state index is 12.7. The van der Waals surface area contributed by atoms with Crippen LogP contribution in [0.15, 0.2) is 47.4 Å². The Bertz CT molecular complexity index is 985. The molecule has 156 valence electrons. The summed E-state index contributed by atoms with van der Waals surface area (Å²) in [6.07, 6.45) is 0. The molecule has 2 aromatic rings. The first kappa shape index (κ1) is 21.6. The Morgan fingerprint density at radius 1 is 1.03 bits per heavy atom. The molecular weight excluding hydrogens is 412 g/mol. The third-order valence-electron chi connectivity index (χ3n) is 4.95. The van der Waals surface area contributed by atoms with Gasteiger partial charge in [-0.15, -0.1) is 0 Å². The van der Waals surface area contributed by atoms with Gasteiger partial charge in [0.2, 0.25) is 10.0 Å². The number of halogens is 1. The van der Waals surface area contributed by atoms with Crippen molar-refractivity contribution in [1.29, 1.82) is 0 Å². The van der Waals surface area contributed by atoms with Crippen molar-refractivity contribution in [3.63, 3.8) is 0 Å². The molecule has 0 bridgehead atoms. The molecule has 0 saturated carbocycles. The van der Waals surface area contributed by atoms with Gasteiger partial charge in [-0.25, -0.2) is 12.7 Å². The maximum atomic E-state index is 12.7. The number of piperazine rings is 1. The molecule has 9 heteroatoms. The van der Waals surface area contributed by atoms with E-state index >= 15 is 0 Å². The quantitative estimate of drug-likeness (QED) is 0.779. The second kappa shape index (κ2) is 8.71. The lowest BCUT2D eigenvalue weighted by atomic mass is 10.2. The van der Waals surface area contributed by atoms with Crippen LogP contribution in [0, 0.1) is 0 Å². The first-order valence-electron chi connectivity index (χ1n) is 9.25. The summed E-state index contributed by atoms with van der Waals surface area (Å²) in [4.78, 5) is 17.3. The average molecular weight is 437 g/mol. The molecule has 1 fully saturated rings. The van der Waals surface area contributed by atoms with Crippen LogP contribution in [0.3, 0.4) is 0 Å². The van der Waals surface area contributed by atoms with Crippen molar-refractivity contribution in [3.05, 3.63) is 53.1 Å². The van der Waals surface area contributed by atoms with E-state index in [4.69, 9.17) is 11.6 Å². The summed E-state index contributed by atoms with van der Waals surface area (Å²) in [5.41, 5.74) is 1.83. The molecule has 1 saturated heterocycles. The highest BCUT2D eigenvalue weighted by Gasteiger charge is 2.21. The van der Waals surface area contributed by atoms with Crippen molar-refractivity contribution in [2.45, 2.75) is 4.90 Å². The summed E-state index contributed by atoms with van der Waals surface area (Å²) in [5, 5.41) is 2.97. The number of hydrogen-bond donors (Lipinski definition) is 1. The number of hydrogen-bond acceptors (Lipinski definition) is 5. The normalized spacial score (nSPS) is 15.6. The zero-order valence-electron chi connectivity index (χ0n) is 16.7. The van der Waals surface area contributed by atoms with Gasteiger partial charge in [-0.3, -0.25) is 4.79 Å². The predicted octanol–water partition coefficient (Wildman–Crippen LogP) is 2.59. The Balaban J connectivity index is 1.75. The molecule has 0 aromatic heterocycles. The lowest BCUT2D eigenvalue weighted by molar-refractivity contribution is 0.102. The van der Waals surface area contributed by atoms with Crippen LogP contribution >= 0.6 is 11.6 Å². The number of likely N-dealkylation sites (N-methyl/N-ethyl adjacent to an activating group) is 1. The van der Waals surface area contributed by atoms with Crippen molar-refractivity contribution in [3.8, 4) is 0 Å². The summed E-state index contributed by atoms with van der Waals surface area (Å²) in [5.74, 6) is -0.460.